The molecule has 0 spiro atoms. The minimum absolute atomic E-state index is 0.0510. The van der Waals surface area contributed by atoms with Crippen molar-refractivity contribution in [3.63, 3.8) is 0 Å². The van der Waals surface area contributed by atoms with Crippen LogP contribution in [0.1, 0.15) is 41.9 Å². The van der Waals surface area contributed by atoms with Crippen molar-refractivity contribution in [2.45, 2.75) is 35.8 Å². The number of anilines is 2. The van der Waals surface area contributed by atoms with Gasteiger partial charge in [-0.1, -0.05) is 0 Å². The summed E-state index contributed by atoms with van der Waals surface area (Å²) in [7, 11) is 1.78. The molecule has 2 aliphatic heterocycles. The normalized spacial score (nSPS) is 20.1. The zero-order valence-corrected chi connectivity index (χ0v) is 16.1. The molecule has 3 heterocycles. The minimum Gasteiger partial charge on any atom is -0.324 e. The van der Waals surface area contributed by atoms with Crippen LogP contribution >= 0.6 is 11.8 Å². The second-order valence-corrected chi connectivity index (χ2v) is 8.24. The van der Waals surface area contributed by atoms with Crippen LogP contribution in [0.25, 0.3) is 0 Å². The monoisotopic (exact) mass is 386 g/mol. The van der Waals surface area contributed by atoms with Gasteiger partial charge in [0.2, 0.25) is 11.9 Å². The number of rotatable bonds is 3. The van der Waals surface area contributed by atoms with Crippen LogP contribution in [-0.2, 0) is 11.8 Å². The molecule has 8 nitrogen and oxygen atoms in total. The number of nitrogens with zero attached hydrogens (tertiary/aromatic N) is 3. The predicted octanol–water partition coefficient (Wildman–Crippen LogP) is 1.97. The van der Waals surface area contributed by atoms with E-state index in [1.807, 2.05) is 13.0 Å². The predicted molar refractivity (Wildman–Crippen MR) is 104 cm³/mol. The summed E-state index contributed by atoms with van der Waals surface area (Å²) in [4.78, 5) is 30.0. The topological polar surface area (TPSA) is 101 Å². The van der Waals surface area contributed by atoms with Gasteiger partial charge in [-0.25, -0.2) is 4.68 Å². The molecule has 1 unspecified atom stereocenters. The molecule has 1 fully saturated rings. The number of carbonyl (C=O) groups excluding carboxylic acids is 2. The Labute approximate surface area is 161 Å². The number of aryl methyl sites for hydroxylation is 1. The molecule has 0 saturated carbocycles. The van der Waals surface area contributed by atoms with E-state index in [0.717, 1.165) is 36.7 Å². The first kappa shape index (κ1) is 18.0. The molecule has 4 rings (SSSR count). The molecule has 3 N–H and O–H groups in total. The Hall–Kier alpha value is -2.39. The zero-order valence-electron chi connectivity index (χ0n) is 15.3. The lowest BCUT2D eigenvalue weighted by molar-refractivity contribution is -0.115. The molecule has 1 saturated heterocycles. The lowest BCUT2D eigenvalue weighted by Gasteiger charge is -2.21. The number of amides is 2. The third-order valence-electron chi connectivity index (χ3n) is 4.88. The molecule has 27 heavy (non-hydrogen) atoms. The van der Waals surface area contributed by atoms with E-state index in [1.165, 1.54) is 11.8 Å². The minimum atomic E-state index is -0.275. The van der Waals surface area contributed by atoms with E-state index >= 15 is 0 Å². The van der Waals surface area contributed by atoms with Crippen molar-refractivity contribution in [3.8, 4) is 0 Å². The van der Waals surface area contributed by atoms with Crippen molar-refractivity contribution in [2.75, 3.05) is 23.7 Å². The van der Waals surface area contributed by atoms with Crippen LogP contribution in [0.15, 0.2) is 23.1 Å². The number of aromatic nitrogens is 3. The molecule has 1 aromatic heterocycles. The van der Waals surface area contributed by atoms with E-state index < -0.39 is 0 Å². The van der Waals surface area contributed by atoms with Gasteiger partial charge in [-0.3, -0.25) is 14.9 Å². The number of hydrogen-bond acceptors (Lipinski definition) is 6. The first-order chi connectivity index (χ1) is 13.0. The third kappa shape index (κ3) is 3.70. The highest BCUT2D eigenvalue weighted by atomic mass is 32.2. The maximum absolute atomic E-state index is 12.7. The summed E-state index contributed by atoms with van der Waals surface area (Å²) >= 11 is 1.49. The summed E-state index contributed by atoms with van der Waals surface area (Å²) in [5.74, 6) is 1.20. The van der Waals surface area contributed by atoms with E-state index in [9.17, 15) is 9.59 Å². The summed E-state index contributed by atoms with van der Waals surface area (Å²) in [6.07, 6.45) is 2.00. The summed E-state index contributed by atoms with van der Waals surface area (Å²) in [6.45, 7) is 3.78. The fourth-order valence-electron chi connectivity index (χ4n) is 3.29. The van der Waals surface area contributed by atoms with Crippen LogP contribution < -0.4 is 16.0 Å². The van der Waals surface area contributed by atoms with Crippen LogP contribution in [0.2, 0.25) is 0 Å². The standard InChI is InChI=1S/C18H22N6O2S/c1-10-16(25)20-13-9-12(3-4-14(13)27-10)17(26)22-18-21-15(23-24(18)2)11-5-7-19-8-6-11/h3-4,9-11,19H,5-8H2,1-2H3,(H,20,25)(H,21,22,23,26). The number of carbonyl (C=O) groups is 2. The highest BCUT2D eigenvalue weighted by molar-refractivity contribution is 8.00. The molecule has 1 aromatic carbocycles. The van der Waals surface area contributed by atoms with Crippen LogP contribution in [0, 0.1) is 0 Å². The van der Waals surface area contributed by atoms with Gasteiger partial charge in [-0.05, 0) is 51.1 Å². The number of benzene rings is 1. The summed E-state index contributed by atoms with van der Waals surface area (Å²) in [5, 5.41) is 13.3. The lowest BCUT2D eigenvalue weighted by atomic mass is 9.98. The van der Waals surface area contributed by atoms with Crippen molar-refractivity contribution >= 4 is 35.2 Å². The molecule has 0 bridgehead atoms. The lowest BCUT2D eigenvalue weighted by Crippen LogP contribution is -2.27. The molecule has 0 radical (unpaired) electrons. The van der Waals surface area contributed by atoms with Crippen molar-refractivity contribution in [1.29, 1.82) is 0 Å². The first-order valence-corrected chi connectivity index (χ1v) is 9.94. The first-order valence-electron chi connectivity index (χ1n) is 9.06. The number of nitrogens with one attached hydrogen (secondary N) is 3. The van der Waals surface area contributed by atoms with E-state index in [4.69, 9.17) is 0 Å². The van der Waals surface area contributed by atoms with Crippen molar-refractivity contribution in [3.05, 3.63) is 29.6 Å². The Balaban J connectivity index is 1.50. The molecule has 2 aliphatic rings. The van der Waals surface area contributed by atoms with Gasteiger partial charge in [0.15, 0.2) is 5.82 Å². The maximum atomic E-state index is 12.7. The molecule has 2 amide bonds. The molecular formula is C18H22N6O2S. The van der Waals surface area contributed by atoms with Crippen LogP contribution in [0.3, 0.4) is 0 Å². The van der Waals surface area contributed by atoms with E-state index in [1.54, 1.807) is 23.9 Å². The highest BCUT2D eigenvalue weighted by Crippen LogP contribution is 2.36. The van der Waals surface area contributed by atoms with Gasteiger partial charge >= 0.3 is 0 Å². The molecule has 9 heteroatoms. The second kappa shape index (κ2) is 7.32. The number of fused-ring (bicyclic) bond motifs is 1. The summed E-state index contributed by atoms with van der Waals surface area (Å²) in [5.41, 5.74) is 1.14. The van der Waals surface area contributed by atoms with Gasteiger partial charge in [0.25, 0.3) is 5.91 Å². The third-order valence-corrected chi connectivity index (χ3v) is 6.06. The fraction of sp³-hybridized carbons (Fsp3) is 0.444. The Morgan fingerprint density at radius 2 is 2.11 bits per heavy atom. The van der Waals surface area contributed by atoms with Crippen LogP contribution in [0.5, 0.6) is 0 Å². The number of hydrogen-bond donors (Lipinski definition) is 3. The van der Waals surface area contributed by atoms with Crippen LogP contribution in [-0.4, -0.2) is 44.9 Å². The van der Waals surface area contributed by atoms with Gasteiger partial charge in [0.05, 0.1) is 10.9 Å². The average Bonchev–Trinajstić information content (AvgIpc) is 3.03. The zero-order chi connectivity index (χ0) is 19.0. The fourth-order valence-corrected chi connectivity index (χ4v) is 4.22. The highest BCUT2D eigenvalue weighted by Gasteiger charge is 2.25. The Kier molecular flexibility index (Phi) is 4.88. The van der Waals surface area contributed by atoms with Gasteiger partial charge < -0.3 is 10.6 Å². The van der Waals surface area contributed by atoms with Gasteiger partial charge in [-0.2, -0.15) is 10.1 Å². The Morgan fingerprint density at radius 1 is 1.33 bits per heavy atom. The molecular weight excluding hydrogens is 364 g/mol. The summed E-state index contributed by atoms with van der Waals surface area (Å²) < 4.78 is 1.60. The Bertz CT molecular complexity index is 890. The van der Waals surface area contributed by atoms with Crippen molar-refractivity contribution in [2.24, 2.45) is 7.05 Å². The van der Waals surface area contributed by atoms with E-state index in [-0.39, 0.29) is 17.1 Å². The van der Waals surface area contributed by atoms with Gasteiger partial charge in [0, 0.05) is 23.4 Å². The SMILES string of the molecule is CC1Sc2ccc(C(=O)Nc3nc(C4CCNCC4)nn3C)cc2NC1=O. The van der Waals surface area contributed by atoms with E-state index in [2.05, 4.69) is 26.0 Å². The van der Waals surface area contributed by atoms with Gasteiger partial charge in [0.1, 0.15) is 0 Å². The van der Waals surface area contributed by atoms with E-state index in [0.29, 0.717) is 23.1 Å². The molecule has 0 aliphatic carbocycles. The average molecular weight is 386 g/mol. The largest absolute Gasteiger partial charge is 0.324 e. The van der Waals surface area contributed by atoms with Crippen LogP contribution in [0.4, 0.5) is 11.6 Å². The second-order valence-electron chi connectivity index (χ2n) is 6.86. The summed E-state index contributed by atoms with van der Waals surface area (Å²) in [6, 6.07) is 5.32. The molecule has 2 aromatic rings. The quantitative estimate of drug-likeness (QED) is 0.746. The number of thioether (sulfide) groups is 1. The Morgan fingerprint density at radius 3 is 2.89 bits per heavy atom. The number of piperidine rings is 1. The maximum Gasteiger partial charge on any atom is 0.258 e. The van der Waals surface area contributed by atoms with Crippen molar-refractivity contribution < 1.29 is 9.59 Å². The van der Waals surface area contributed by atoms with Crippen molar-refractivity contribution in [1.82, 2.24) is 20.1 Å². The molecule has 1 atom stereocenters. The van der Waals surface area contributed by atoms with Gasteiger partial charge in [-0.15, -0.1) is 11.8 Å². The smallest absolute Gasteiger partial charge is 0.258 e. The molecule has 142 valence electrons.